The predicted molar refractivity (Wildman–Crippen MR) is 79.5 cm³/mol. The number of carbonyl (C=O) groups is 2. The second-order valence-corrected chi connectivity index (χ2v) is 5.93. The lowest BCUT2D eigenvalue weighted by Gasteiger charge is -2.11. The van der Waals surface area contributed by atoms with Crippen LogP contribution in [0.4, 0.5) is 5.00 Å². The van der Waals surface area contributed by atoms with Crippen molar-refractivity contribution in [3.05, 3.63) is 16.0 Å². The highest BCUT2D eigenvalue weighted by molar-refractivity contribution is 7.80. The number of carbonyl (C=O) groups excluding carboxylic acids is 2. The quantitative estimate of drug-likeness (QED) is 0.723. The van der Waals surface area contributed by atoms with Crippen molar-refractivity contribution >= 4 is 45.5 Å². The number of anilines is 1. The molecule has 1 aromatic rings. The molecule has 1 aromatic heterocycles. The van der Waals surface area contributed by atoms with Gasteiger partial charge in [-0.3, -0.25) is 9.59 Å². The van der Waals surface area contributed by atoms with Crippen LogP contribution in [0, 0.1) is 0 Å². The molecular weight excluding hydrogens is 282 g/mol. The lowest BCUT2D eigenvalue weighted by atomic mass is 9.95. The first-order valence-electron chi connectivity index (χ1n) is 6.02. The third-order valence-electron chi connectivity index (χ3n) is 2.93. The molecule has 0 aliphatic heterocycles. The Morgan fingerprint density at radius 1 is 1.32 bits per heavy atom. The van der Waals surface area contributed by atoms with E-state index in [-0.39, 0.29) is 11.0 Å². The zero-order valence-corrected chi connectivity index (χ0v) is 12.2. The molecule has 4 N–H and O–H groups in total. The first-order chi connectivity index (χ1) is 8.99. The highest BCUT2D eigenvalue weighted by Crippen LogP contribution is 2.37. The fraction of sp³-hybridized carbons (Fsp3) is 0.417. The van der Waals surface area contributed by atoms with Crippen LogP contribution in [0.3, 0.4) is 0 Å². The number of amides is 2. The third kappa shape index (κ3) is 3.10. The lowest BCUT2D eigenvalue weighted by molar-refractivity contribution is -0.117. The van der Waals surface area contributed by atoms with Crippen LogP contribution in [-0.2, 0) is 17.6 Å². The van der Waals surface area contributed by atoms with Gasteiger partial charge in [0.15, 0.2) is 5.11 Å². The largest absolute Gasteiger partial charge is 0.365 e. The SMILES string of the molecule is CC(=O)NC(=S)Nc1sc2c(c1C(N)=O)CCCC2. The van der Waals surface area contributed by atoms with Crippen LogP contribution in [0.5, 0.6) is 0 Å². The number of rotatable bonds is 2. The first-order valence-corrected chi connectivity index (χ1v) is 7.24. The van der Waals surface area contributed by atoms with Crippen LogP contribution in [0.1, 0.15) is 40.6 Å². The highest BCUT2D eigenvalue weighted by Gasteiger charge is 2.24. The van der Waals surface area contributed by atoms with E-state index >= 15 is 0 Å². The van der Waals surface area contributed by atoms with Gasteiger partial charge in [-0.15, -0.1) is 11.3 Å². The van der Waals surface area contributed by atoms with Gasteiger partial charge in [0, 0.05) is 11.8 Å². The van der Waals surface area contributed by atoms with Crippen molar-refractivity contribution in [2.24, 2.45) is 5.73 Å². The van der Waals surface area contributed by atoms with E-state index in [9.17, 15) is 9.59 Å². The molecule has 0 fully saturated rings. The number of thiophene rings is 1. The monoisotopic (exact) mass is 297 g/mol. The Morgan fingerprint density at radius 2 is 2.00 bits per heavy atom. The Labute approximate surface area is 120 Å². The van der Waals surface area contributed by atoms with Crippen molar-refractivity contribution in [2.75, 3.05) is 5.32 Å². The van der Waals surface area contributed by atoms with E-state index in [1.807, 2.05) is 0 Å². The van der Waals surface area contributed by atoms with Gasteiger partial charge < -0.3 is 16.4 Å². The summed E-state index contributed by atoms with van der Waals surface area (Å²) >= 11 is 6.51. The second-order valence-electron chi connectivity index (χ2n) is 4.41. The second kappa shape index (κ2) is 5.66. The number of hydrogen-bond acceptors (Lipinski definition) is 4. The maximum absolute atomic E-state index is 11.6. The minimum absolute atomic E-state index is 0.189. The Bertz CT molecular complexity index is 551. The molecule has 0 bridgehead atoms. The molecule has 7 heteroatoms. The Balaban J connectivity index is 2.29. The molecule has 2 rings (SSSR count). The molecule has 5 nitrogen and oxygen atoms in total. The molecule has 0 aromatic carbocycles. The van der Waals surface area contributed by atoms with E-state index < -0.39 is 5.91 Å². The summed E-state index contributed by atoms with van der Waals surface area (Å²) in [6.07, 6.45) is 4.04. The number of aryl methyl sites for hydroxylation is 1. The zero-order chi connectivity index (χ0) is 14.0. The van der Waals surface area contributed by atoms with Gasteiger partial charge in [0.2, 0.25) is 5.91 Å². The summed E-state index contributed by atoms with van der Waals surface area (Å²) in [7, 11) is 0. The summed E-state index contributed by atoms with van der Waals surface area (Å²) in [5, 5.41) is 6.20. The molecule has 1 aliphatic rings. The summed E-state index contributed by atoms with van der Waals surface area (Å²) in [4.78, 5) is 23.7. The van der Waals surface area contributed by atoms with Gasteiger partial charge in [-0.1, -0.05) is 0 Å². The van der Waals surface area contributed by atoms with Crippen molar-refractivity contribution in [1.82, 2.24) is 5.32 Å². The summed E-state index contributed by atoms with van der Waals surface area (Å²) in [6.45, 7) is 1.38. The lowest BCUT2D eigenvalue weighted by Crippen LogP contribution is -2.32. The van der Waals surface area contributed by atoms with Crippen LogP contribution in [0.2, 0.25) is 0 Å². The van der Waals surface area contributed by atoms with Gasteiger partial charge in [-0.25, -0.2) is 0 Å². The van der Waals surface area contributed by atoms with Crippen LogP contribution >= 0.6 is 23.6 Å². The van der Waals surface area contributed by atoms with E-state index in [0.717, 1.165) is 31.2 Å². The normalized spacial score (nSPS) is 13.5. The molecule has 0 radical (unpaired) electrons. The van der Waals surface area contributed by atoms with E-state index in [1.54, 1.807) is 0 Å². The van der Waals surface area contributed by atoms with Crippen molar-refractivity contribution in [1.29, 1.82) is 0 Å². The molecule has 102 valence electrons. The molecule has 1 heterocycles. The third-order valence-corrected chi connectivity index (χ3v) is 4.35. The van der Waals surface area contributed by atoms with Gasteiger partial charge in [0.25, 0.3) is 5.91 Å². The standard InChI is InChI=1S/C12H15N3O2S2/c1-6(16)14-12(18)15-11-9(10(13)17)7-4-2-3-5-8(7)19-11/h2-5H2,1H3,(H2,13,17)(H2,14,15,16,18). The van der Waals surface area contributed by atoms with Crippen LogP contribution in [0.25, 0.3) is 0 Å². The van der Waals surface area contributed by atoms with E-state index in [4.69, 9.17) is 18.0 Å². The molecule has 2 amide bonds. The molecule has 0 saturated carbocycles. The molecule has 1 aliphatic carbocycles. The van der Waals surface area contributed by atoms with Gasteiger partial charge >= 0.3 is 0 Å². The summed E-state index contributed by atoms with van der Waals surface area (Å²) in [5.41, 5.74) is 7.02. The fourth-order valence-corrected chi connectivity index (χ4v) is 3.82. The number of hydrogen-bond donors (Lipinski definition) is 3. The number of nitrogens with two attached hydrogens (primary N) is 1. The number of fused-ring (bicyclic) bond motifs is 1. The van der Waals surface area contributed by atoms with Gasteiger partial charge in [0.1, 0.15) is 5.00 Å². The molecule has 0 unspecified atom stereocenters. The smallest absolute Gasteiger partial charge is 0.251 e. The number of nitrogens with one attached hydrogen (secondary N) is 2. The topological polar surface area (TPSA) is 84.2 Å². The molecular formula is C12H15N3O2S2. The van der Waals surface area contributed by atoms with Crippen molar-refractivity contribution in [2.45, 2.75) is 32.6 Å². The van der Waals surface area contributed by atoms with Gasteiger partial charge in [-0.05, 0) is 43.5 Å². The average Bonchev–Trinajstić information content (AvgIpc) is 2.64. The van der Waals surface area contributed by atoms with Crippen LogP contribution < -0.4 is 16.4 Å². The number of thiocarbonyl (C=S) groups is 1. The van der Waals surface area contributed by atoms with Crippen molar-refractivity contribution in [3.63, 3.8) is 0 Å². The highest BCUT2D eigenvalue weighted by atomic mass is 32.1. The van der Waals surface area contributed by atoms with E-state index in [0.29, 0.717) is 10.6 Å². The summed E-state index contributed by atoms with van der Waals surface area (Å²) in [6, 6.07) is 0. The average molecular weight is 297 g/mol. The maximum Gasteiger partial charge on any atom is 0.251 e. The van der Waals surface area contributed by atoms with Crippen molar-refractivity contribution in [3.8, 4) is 0 Å². The molecule has 0 saturated heterocycles. The predicted octanol–water partition coefficient (Wildman–Crippen LogP) is 1.56. The Kier molecular flexibility index (Phi) is 4.16. The van der Waals surface area contributed by atoms with Gasteiger partial charge in [-0.2, -0.15) is 0 Å². The zero-order valence-electron chi connectivity index (χ0n) is 10.5. The van der Waals surface area contributed by atoms with E-state index in [1.165, 1.54) is 23.1 Å². The number of primary amides is 1. The first kappa shape index (κ1) is 14.0. The Morgan fingerprint density at radius 3 is 2.63 bits per heavy atom. The van der Waals surface area contributed by atoms with Crippen LogP contribution in [-0.4, -0.2) is 16.9 Å². The molecule has 0 spiro atoms. The van der Waals surface area contributed by atoms with Gasteiger partial charge in [0.05, 0.1) is 5.56 Å². The minimum atomic E-state index is -0.451. The molecule has 19 heavy (non-hydrogen) atoms. The van der Waals surface area contributed by atoms with Crippen molar-refractivity contribution < 1.29 is 9.59 Å². The Hall–Kier alpha value is -1.47. The van der Waals surface area contributed by atoms with E-state index in [2.05, 4.69) is 10.6 Å². The summed E-state index contributed by atoms with van der Waals surface area (Å²) < 4.78 is 0. The maximum atomic E-state index is 11.6. The molecule has 0 atom stereocenters. The minimum Gasteiger partial charge on any atom is -0.365 e. The fourth-order valence-electron chi connectivity index (χ4n) is 2.21. The van der Waals surface area contributed by atoms with Crippen LogP contribution in [0.15, 0.2) is 0 Å². The summed E-state index contributed by atoms with van der Waals surface area (Å²) in [5.74, 6) is -0.702.